The fourth-order valence-corrected chi connectivity index (χ4v) is 4.34. The highest BCUT2D eigenvalue weighted by molar-refractivity contribution is 7.21. The topological polar surface area (TPSA) is 78.4 Å². The maximum absolute atomic E-state index is 12.5. The van der Waals surface area contributed by atoms with E-state index in [2.05, 4.69) is 20.2 Å². The fraction of sp³-hybridized carbons (Fsp3) is 0.300. The van der Waals surface area contributed by atoms with Crippen LogP contribution in [0.5, 0.6) is 0 Å². The molecule has 0 atom stereocenters. The van der Waals surface area contributed by atoms with Crippen LogP contribution in [0.3, 0.4) is 0 Å². The SMILES string of the molecule is O=C(CCC(=O)N1CCN(c2nc3cccnc3s2)CC1)Nc1ccccc1Cl. The Morgan fingerprint density at radius 1 is 1.07 bits per heavy atom. The molecular weight excluding hydrogens is 410 g/mol. The van der Waals surface area contributed by atoms with Crippen molar-refractivity contribution in [3.05, 3.63) is 47.6 Å². The predicted octanol–water partition coefficient (Wildman–Crippen LogP) is 3.41. The Morgan fingerprint density at radius 2 is 1.86 bits per heavy atom. The Bertz CT molecular complexity index is 999. The molecule has 1 aliphatic heterocycles. The van der Waals surface area contributed by atoms with E-state index in [0.29, 0.717) is 23.8 Å². The zero-order chi connectivity index (χ0) is 20.2. The van der Waals surface area contributed by atoms with Crippen LogP contribution in [-0.4, -0.2) is 52.9 Å². The van der Waals surface area contributed by atoms with Crippen molar-refractivity contribution < 1.29 is 9.59 Å². The molecule has 2 aromatic heterocycles. The molecular formula is C20H20ClN5O2S. The number of thiazole rings is 1. The minimum atomic E-state index is -0.216. The second kappa shape index (κ2) is 8.75. The van der Waals surface area contributed by atoms with Crippen LogP contribution in [0.1, 0.15) is 12.8 Å². The third-order valence-corrected chi connectivity index (χ3v) is 6.14. The van der Waals surface area contributed by atoms with Crippen LogP contribution in [0.4, 0.5) is 10.8 Å². The van der Waals surface area contributed by atoms with Gasteiger partial charge in [0.1, 0.15) is 10.3 Å². The van der Waals surface area contributed by atoms with E-state index in [9.17, 15) is 9.59 Å². The number of benzene rings is 1. The van der Waals surface area contributed by atoms with Crippen molar-refractivity contribution in [2.45, 2.75) is 12.8 Å². The minimum Gasteiger partial charge on any atom is -0.344 e. The number of hydrogen-bond acceptors (Lipinski definition) is 6. The molecule has 150 valence electrons. The highest BCUT2D eigenvalue weighted by Gasteiger charge is 2.23. The Labute approximate surface area is 177 Å². The van der Waals surface area contributed by atoms with Gasteiger partial charge in [-0.25, -0.2) is 9.97 Å². The highest BCUT2D eigenvalue weighted by Crippen LogP contribution is 2.27. The van der Waals surface area contributed by atoms with Crippen LogP contribution in [0, 0.1) is 0 Å². The van der Waals surface area contributed by atoms with Gasteiger partial charge in [0.05, 0.1) is 10.7 Å². The Kier molecular flexibility index (Phi) is 5.92. The number of nitrogens with zero attached hydrogens (tertiary/aromatic N) is 4. The van der Waals surface area contributed by atoms with Crippen LogP contribution in [-0.2, 0) is 9.59 Å². The first kappa shape index (κ1) is 19.6. The van der Waals surface area contributed by atoms with E-state index in [1.165, 1.54) is 0 Å². The summed E-state index contributed by atoms with van der Waals surface area (Å²) in [5, 5.41) is 4.16. The molecule has 0 aliphatic carbocycles. The molecule has 2 amide bonds. The first-order chi connectivity index (χ1) is 14.1. The fourth-order valence-electron chi connectivity index (χ4n) is 3.19. The van der Waals surface area contributed by atoms with Crippen molar-refractivity contribution in [1.82, 2.24) is 14.9 Å². The minimum absolute atomic E-state index is 0.00933. The summed E-state index contributed by atoms with van der Waals surface area (Å²) >= 11 is 7.61. The summed E-state index contributed by atoms with van der Waals surface area (Å²) in [6.07, 6.45) is 2.08. The number of halogens is 1. The molecule has 0 unspecified atom stereocenters. The van der Waals surface area contributed by atoms with Gasteiger partial charge in [0, 0.05) is 45.2 Å². The lowest BCUT2D eigenvalue weighted by Gasteiger charge is -2.34. The molecule has 3 heterocycles. The van der Waals surface area contributed by atoms with Crippen molar-refractivity contribution in [3.8, 4) is 0 Å². The zero-order valence-corrected chi connectivity index (χ0v) is 17.2. The number of carbonyl (C=O) groups excluding carboxylic acids is 2. The molecule has 7 nitrogen and oxygen atoms in total. The van der Waals surface area contributed by atoms with Gasteiger partial charge in [-0.2, -0.15) is 0 Å². The van der Waals surface area contributed by atoms with Gasteiger partial charge in [0.15, 0.2) is 5.13 Å². The van der Waals surface area contributed by atoms with E-state index in [4.69, 9.17) is 11.6 Å². The predicted molar refractivity (Wildman–Crippen MR) is 116 cm³/mol. The number of rotatable bonds is 5. The molecule has 29 heavy (non-hydrogen) atoms. The third-order valence-electron chi connectivity index (χ3n) is 4.77. The van der Waals surface area contributed by atoms with Gasteiger partial charge in [-0.05, 0) is 24.3 Å². The molecule has 3 aromatic rings. The number of amides is 2. The molecule has 9 heteroatoms. The van der Waals surface area contributed by atoms with Crippen molar-refractivity contribution in [2.24, 2.45) is 0 Å². The van der Waals surface area contributed by atoms with E-state index in [1.807, 2.05) is 17.0 Å². The number of carbonyl (C=O) groups is 2. The number of hydrogen-bond donors (Lipinski definition) is 1. The number of piperazine rings is 1. The molecule has 1 saturated heterocycles. The quantitative estimate of drug-likeness (QED) is 0.672. The number of pyridine rings is 1. The van der Waals surface area contributed by atoms with Gasteiger partial charge >= 0.3 is 0 Å². The summed E-state index contributed by atoms with van der Waals surface area (Å²) in [7, 11) is 0. The van der Waals surface area contributed by atoms with Crippen molar-refractivity contribution >= 4 is 55.9 Å². The summed E-state index contributed by atoms with van der Waals surface area (Å²) in [5.41, 5.74) is 1.46. The summed E-state index contributed by atoms with van der Waals surface area (Å²) < 4.78 is 0. The molecule has 0 radical (unpaired) electrons. The van der Waals surface area contributed by atoms with Gasteiger partial charge in [-0.1, -0.05) is 35.1 Å². The van der Waals surface area contributed by atoms with Gasteiger partial charge in [-0.3, -0.25) is 9.59 Å². The van der Waals surface area contributed by atoms with Crippen LogP contribution in [0.2, 0.25) is 5.02 Å². The van der Waals surface area contributed by atoms with Crippen LogP contribution in [0.15, 0.2) is 42.6 Å². The van der Waals surface area contributed by atoms with Gasteiger partial charge in [0.2, 0.25) is 11.8 Å². The number of fused-ring (bicyclic) bond motifs is 1. The van der Waals surface area contributed by atoms with E-state index in [1.54, 1.807) is 41.8 Å². The summed E-state index contributed by atoms with van der Waals surface area (Å²) in [5.74, 6) is -0.225. The zero-order valence-electron chi connectivity index (χ0n) is 15.7. The monoisotopic (exact) mass is 429 g/mol. The third kappa shape index (κ3) is 4.65. The average molecular weight is 430 g/mol. The van der Waals surface area contributed by atoms with E-state index >= 15 is 0 Å². The lowest BCUT2D eigenvalue weighted by atomic mass is 10.2. The number of anilines is 2. The Morgan fingerprint density at radius 3 is 2.62 bits per heavy atom. The maximum atomic E-state index is 12.5. The first-order valence-electron chi connectivity index (χ1n) is 9.39. The lowest BCUT2D eigenvalue weighted by molar-refractivity contribution is -0.133. The van der Waals surface area contributed by atoms with Gasteiger partial charge in [0.25, 0.3) is 0 Å². The molecule has 0 bridgehead atoms. The largest absolute Gasteiger partial charge is 0.344 e. The van der Waals surface area contributed by atoms with E-state index in [0.717, 1.165) is 28.6 Å². The van der Waals surface area contributed by atoms with Gasteiger partial charge < -0.3 is 15.1 Å². The van der Waals surface area contributed by atoms with Crippen LogP contribution in [0.25, 0.3) is 10.3 Å². The first-order valence-corrected chi connectivity index (χ1v) is 10.6. The lowest BCUT2D eigenvalue weighted by Crippen LogP contribution is -2.48. The average Bonchev–Trinajstić information content (AvgIpc) is 3.18. The van der Waals surface area contributed by atoms with E-state index in [-0.39, 0.29) is 24.7 Å². The second-order valence-electron chi connectivity index (χ2n) is 6.72. The Hall–Kier alpha value is -2.71. The summed E-state index contributed by atoms with van der Waals surface area (Å²) in [4.78, 5) is 38.5. The number of nitrogens with one attached hydrogen (secondary N) is 1. The van der Waals surface area contributed by atoms with E-state index < -0.39 is 0 Å². The standard InChI is InChI=1S/C20H20ClN5O2S/c21-14-4-1-2-5-15(14)23-17(27)7-8-18(28)25-10-12-26(13-11-25)20-24-16-6-3-9-22-19(16)29-20/h1-6,9H,7-8,10-13H2,(H,23,27). The molecule has 1 aliphatic rings. The van der Waals surface area contributed by atoms with Crippen molar-refractivity contribution in [3.63, 3.8) is 0 Å². The molecule has 0 spiro atoms. The Balaban J connectivity index is 1.25. The molecule has 4 rings (SSSR count). The number of aromatic nitrogens is 2. The summed E-state index contributed by atoms with van der Waals surface area (Å²) in [6, 6.07) is 10.9. The summed E-state index contributed by atoms with van der Waals surface area (Å²) in [6.45, 7) is 2.68. The molecule has 1 N–H and O–H groups in total. The van der Waals surface area contributed by atoms with Crippen LogP contribution >= 0.6 is 22.9 Å². The maximum Gasteiger partial charge on any atom is 0.224 e. The second-order valence-corrected chi connectivity index (χ2v) is 8.08. The van der Waals surface area contributed by atoms with Crippen molar-refractivity contribution in [1.29, 1.82) is 0 Å². The smallest absolute Gasteiger partial charge is 0.224 e. The van der Waals surface area contributed by atoms with Gasteiger partial charge in [-0.15, -0.1) is 0 Å². The van der Waals surface area contributed by atoms with Crippen molar-refractivity contribution in [2.75, 3.05) is 36.4 Å². The van der Waals surface area contributed by atoms with Crippen LogP contribution < -0.4 is 10.2 Å². The number of para-hydroxylation sites is 1. The normalized spacial score (nSPS) is 14.2. The highest BCUT2D eigenvalue weighted by atomic mass is 35.5. The molecule has 0 saturated carbocycles. The molecule has 1 fully saturated rings. The molecule has 1 aromatic carbocycles.